The number of hydrogen-bond donors (Lipinski definition) is 2. The number of carbonyl (C=O) groups is 1. The minimum absolute atomic E-state index is 0.0129. The van der Waals surface area contributed by atoms with Gasteiger partial charge in [0.15, 0.2) is 0 Å². The standard InChI is InChI=1S/C22H34ClFN4O3/c1-16(13-22(2,3)30)28-10-11-31-18(15-28)14-26-6-8-27(9-7-26)21(29)25-17-4-5-20(24)19(23)12-17/h4-5,12,16,18,30H,6-11,13-15H2,1-3H3,(H,25,29)/t16-,18-/m0/s1. The highest BCUT2D eigenvalue weighted by Crippen LogP contribution is 2.21. The monoisotopic (exact) mass is 456 g/mol. The SMILES string of the molecule is C[C@@H](CC(C)(C)O)N1CCO[C@@H](CN2CCN(C(=O)Nc3ccc(F)c(Cl)c3)CC2)C1. The Bertz CT molecular complexity index is 753. The van der Waals surface area contributed by atoms with Crippen molar-refractivity contribution in [2.45, 2.75) is 44.9 Å². The number of hydrogen-bond acceptors (Lipinski definition) is 5. The maximum atomic E-state index is 13.3. The minimum atomic E-state index is -0.677. The van der Waals surface area contributed by atoms with Crippen LogP contribution in [0.1, 0.15) is 27.2 Å². The van der Waals surface area contributed by atoms with E-state index in [0.717, 1.165) is 39.1 Å². The quantitative estimate of drug-likeness (QED) is 0.689. The van der Waals surface area contributed by atoms with Gasteiger partial charge in [-0.2, -0.15) is 0 Å². The van der Waals surface area contributed by atoms with E-state index in [2.05, 4.69) is 22.0 Å². The van der Waals surface area contributed by atoms with Gasteiger partial charge >= 0.3 is 6.03 Å². The number of rotatable bonds is 6. The summed E-state index contributed by atoms with van der Waals surface area (Å²) >= 11 is 5.78. The molecule has 0 radical (unpaired) electrons. The van der Waals surface area contributed by atoms with E-state index >= 15 is 0 Å². The number of morpholine rings is 1. The molecule has 2 aliphatic heterocycles. The van der Waals surface area contributed by atoms with Crippen molar-refractivity contribution in [2.75, 3.05) is 57.7 Å². The first-order valence-corrected chi connectivity index (χ1v) is 11.3. The Hall–Kier alpha value is -1.45. The van der Waals surface area contributed by atoms with Crippen molar-refractivity contribution in [3.63, 3.8) is 0 Å². The highest BCUT2D eigenvalue weighted by atomic mass is 35.5. The Labute approximate surface area is 189 Å². The molecule has 2 saturated heterocycles. The van der Waals surface area contributed by atoms with Gasteiger partial charge < -0.3 is 20.1 Å². The van der Waals surface area contributed by atoms with Crippen LogP contribution < -0.4 is 5.32 Å². The summed E-state index contributed by atoms with van der Waals surface area (Å²) in [7, 11) is 0. The molecule has 2 N–H and O–H groups in total. The van der Waals surface area contributed by atoms with E-state index in [1.54, 1.807) is 4.90 Å². The van der Waals surface area contributed by atoms with Crippen molar-refractivity contribution in [3.05, 3.63) is 29.0 Å². The average Bonchev–Trinajstić information content (AvgIpc) is 2.70. The molecule has 0 saturated carbocycles. The number of piperazine rings is 1. The summed E-state index contributed by atoms with van der Waals surface area (Å²) in [4.78, 5) is 19.0. The van der Waals surface area contributed by atoms with Crippen LogP contribution in [0.15, 0.2) is 18.2 Å². The molecule has 2 amide bonds. The number of nitrogens with one attached hydrogen (secondary N) is 1. The van der Waals surface area contributed by atoms with Gasteiger partial charge in [0, 0.05) is 57.5 Å². The van der Waals surface area contributed by atoms with Crippen LogP contribution in [0.25, 0.3) is 0 Å². The fourth-order valence-corrected chi connectivity index (χ4v) is 4.48. The third-order valence-electron chi connectivity index (χ3n) is 5.88. The van der Waals surface area contributed by atoms with E-state index in [1.165, 1.54) is 18.2 Å². The lowest BCUT2D eigenvalue weighted by atomic mass is 9.98. The molecule has 2 atom stereocenters. The van der Waals surface area contributed by atoms with Crippen LogP contribution in [0.2, 0.25) is 5.02 Å². The molecule has 31 heavy (non-hydrogen) atoms. The number of aliphatic hydroxyl groups is 1. The first kappa shape index (κ1) is 24.2. The van der Waals surface area contributed by atoms with Crippen LogP contribution in [0.5, 0.6) is 0 Å². The molecule has 0 aliphatic carbocycles. The van der Waals surface area contributed by atoms with E-state index in [0.29, 0.717) is 31.4 Å². The molecule has 2 heterocycles. The lowest BCUT2D eigenvalue weighted by Crippen LogP contribution is -2.55. The number of anilines is 1. The molecule has 1 aromatic carbocycles. The highest BCUT2D eigenvalue weighted by molar-refractivity contribution is 6.31. The second-order valence-corrected chi connectivity index (χ2v) is 9.61. The maximum absolute atomic E-state index is 13.3. The van der Waals surface area contributed by atoms with Gasteiger partial charge in [-0.05, 0) is 45.4 Å². The topological polar surface area (TPSA) is 68.3 Å². The molecule has 9 heteroatoms. The Morgan fingerprint density at radius 2 is 2.03 bits per heavy atom. The molecule has 2 fully saturated rings. The third kappa shape index (κ3) is 7.29. The van der Waals surface area contributed by atoms with E-state index < -0.39 is 11.4 Å². The summed E-state index contributed by atoms with van der Waals surface area (Å²) < 4.78 is 19.3. The summed E-state index contributed by atoms with van der Waals surface area (Å²) in [5.74, 6) is -0.508. The number of urea groups is 1. The van der Waals surface area contributed by atoms with Gasteiger partial charge in [0.25, 0.3) is 0 Å². The Morgan fingerprint density at radius 1 is 1.32 bits per heavy atom. The molecule has 0 aromatic heterocycles. The molecule has 3 rings (SSSR count). The summed E-state index contributed by atoms with van der Waals surface area (Å²) in [6.07, 6.45) is 0.854. The fraction of sp³-hybridized carbons (Fsp3) is 0.682. The molecule has 0 bridgehead atoms. The molecule has 2 aliphatic rings. The smallest absolute Gasteiger partial charge is 0.321 e. The number of nitrogens with zero attached hydrogens (tertiary/aromatic N) is 3. The highest BCUT2D eigenvalue weighted by Gasteiger charge is 2.30. The minimum Gasteiger partial charge on any atom is -0.390 e. The largest absolute Gasteiger partial charge is 0.390 e. The van der Waals surface area contributed by atoms with Crippen molar-refractivity contribution < 1.29 is 19.0 Å². The Kier molecular flexibility index (Phi) is 8.15. The van der Waals surface area contributed by atoms with Gasteiger partial charge in [-0.25, -0.2) is 9.18 Å². The van der Waals surface area contributed by atoms with Crippen LogP contribution in [0, 0.1) is 5.82 Å². The van der Waals surface area contributed by atoms with Gasteiger partial charge in [0.05, 0.1) is 23.3 Å². The fourth-order valence-electron chi connectivity index (χ4n) is 4.30. The Morgan fingerprint density at radius 3 is 2.68 bits per heavy atom. The first-order chi connectivity index (χ1) is 14.6. The second-order valence-electron chi connectivity index (χ2n) is 9.20. The molecule has 0 spiro atoms. The summed E-state index contributed by atoms with van der Waals surface area (Å²) in [6.45, 7) is 11.9. The van der Waals surface area contributed by atoms with Crippen LogP contribution in [-0.4, -0.2) is 96.0 Å². The van der Waals surface area contributed by atoms with Crippen LogP contribution in [0.4, 0.5) is 14.9 Å². The summed E-state index contributed by atoms with van der Waals surface area (Å²) in [5.41, 5.74) is -0.196. The van der Waals surface area contributed by atoms with Crippen molar-refractivity contribution in [1.29, 1.82) is 0 Å². The molecule has 0 unspecified atom stereocenters. The van der Waals surface area contributed by atoms with Gasteiger partial charge in [0.2, 0.25) is 0 Å². The summed E-state index contributed by atoms with van der Waals surface area (Å²) in [5, 5.41) is 12.9. The zero-order chi connectivity index (χ0) is 22.6. The summed E-state index contributed by atoms with van der Waals surface area (Å²) in [6, 6.07) is 4.25. The van der Waals surface area contributed by atoms with E-state index in [1.807, 2.05) is 13.8 Å². The zero-order valence-electron chi connectivity index (χ0n) is 18.6. The number of halogens is 2. The number of benzene rings is 1. The van der Waals surface area contributed by atoms with E-state index in [4.69, 9.17) is 16.3 Å². The average molecular weight is 457 g/mol. The second kappa shape index (κ2) is 10.4. The molecule has 7 nitrogen and oxygen atoms in total. The van der Waals surface area contributed by atoms with Crippen LogP contribution >= 0.6 is 11.6 Å². The molecule has 174 valence electrons. The van der Waals surface area contributed by atoms with Crippen molar-refractivity contribution in [3.8, 4) is 0 Å². The third-order valence-corrected chi connectivity index (χ3v) is 6.17. The normalized spacial score (nSPS) is 22.4. The lowest BCUT2D eigenvalue weighted by Gasteiger charge is -2.41. The van der Waals surface area contributed by atoms with Gasteiger partial charge in [-0.15, -0.1) is 0 Å². The van der Waals surface area contributed by atoms with E-state index in [-0.39, 0.29) is 17.2 Å². The van der Waals surface area contributed by atoms with E-state index in [9.17, 15) is 14.3 Å². The Balaban J connectivity index is 1.43. The number of carbonyl (C=O) groups excluding carboxylic acids is 1. The lowest BCUT2D eigenvalue weighted by molar-refractivity contribution is -0.0666. The molecular weight excluding hydrogens is 423 g/mol. The van der Waals surface area contributed by atoms with Gasteiger partial charge in [-0.3, -0.25) is 9.80 Å². The number of ether oxygens (including phenoxy) is 1. The predicted octanol–water partition coefficient (Wildman–Crippen LogP) is 2.88. The van der Waals surface area contributed by atoms with Crippen molar-refractivity contribution in [1.82, 2.24) is 14.7 Å². The van der Waals surface area contributed by atoms with Gasteiger partial charge in [0.1, 0.15) is 5.82 Å². The first-order valence-electron chi connectivity index (χ1n) is 10.9. The zero-order valence-corrected chi connectivity index (χ0v) is 19.4. The van der Waals surface area contributed by atoms with Crippen LogP contribution in [-0.2, 0) is 4.74 Å². The van der Waals surface area contributed by atoms with Gasteiger partial charge in [-0.1, -0.05) is 11.6 Å². The predicted molar refractivity (Wildman–Crippen MR) is 120 cm³/mol. The number of amides is 2. The van der Waals surface area contributed by atoms with Crippen LogP contribution in [0.3, 0.4) is 0 Å². The molecular formula is C22H34ClFN4O3. The van der Waals surface area contributed by atoms with Crippen molar-refractivity contribution in [2.24, 2.45) is 0 Å². The molecule has 1 aromatic rings. The van der Waals surface area contributed by atoms with Crippen molar-refractivity contribution >= 4 is 23.3 Å². The maximum Gasteiger partial charge on any atom is 0.321 e.